The van der Waals surface area contributed by atoms with Crippen molar-refractivity contribution in [3.63, 3.8) is 0 Å². The normalized spacial score (nSPS) is 28.8. The number of carbonyl (C=O) groups excluding carboxylic acids is 1. The van der Waals surface area contributed by atoms with Crippen molar-refractivity contribution in [3.05, 3.63) is 0 Å². The van der Waals surface area contributed by atoms with Crippen molar-refractivity contribution < 1.29 is 4.79 Å². The molecule has 2 aliphatic rings. The topological polar surface area (TPSA) is 49.6 Å². The van der Waals surface area contributed by atoms with Gasteiger partial charge in [0, 0.05) is 18.1 Å². The van der Waals surface area contributed by atoms with Crippen LogP contribution in [0.3, 0.4) is 0 Å². The lowest BCUT2D eigenvalue weighted by molar-refractivity contribution is -0.139. The van der Waals surface area contributed by atoms with E-state index < -0.39 is 0 Å². The molecule has 0 aromatic carbocycles. The molecule has 2 N–H and O–H groups in total. The lowest BCUT2D eigenvalue weighted by Gasteiger charge is -2.44. The number of nitrogens with two attached hydrogens (primary N) is 1. The van der Waals surface area contributed by atoms with Gasteiger partial charge in [0.25, 0.3) is 0 Å². The maximum atomic E-state index is 12.8. The van der Waals surface area contributed by atoms with Crippen molar-refractivity contribution in [1.29, 1.82) is 0 Å². The summed E-state index contributed by atoms with van der Waals surface area (Å²) in [6.45, 7) is 4.08. The Morgan fingerprint density at radius 3 is 2.05 bits per heavy atom. The van der Waals surface area contributed by atoms with Crippen molar-refractivity contribution in [2.24, 2.45) is 11.7 Å². The average molecular weight is 281 g/mol. The van der Waals surface area contributed by atoms with E-state index in [4.69, 9.17) is 5.73 Å². The first-order valence-corrected chi connectivity index (χ1v) is 8.17. The van der Waals surface area contributed by atoms with Gasteiger partial charge in [-0.3, -0.25) is 4.79 Å². The Kier molecular flexibility index (Phi) is 5.08. The quantitative estimate of drug-likeness (QED) is 0.836. The van der Waals surface area contributed by atoms with E-state index in [1.165, 1.54) is 19.3 Å². The molecule has 2 aliphatic carbocycles. The fourth-order valence-corrected chi connectivity index (χ4v) is 3.44. The Labute approximate surface area is 123 Å². The van der Waals surface area contributed by atoms with Gasteiger partial charge in [-0.2, -0.15) is 0 Å². The summed E-state index contributed by atoms with van der Waals surface area (Å²) in [5, 5.41) is 0. The van der Waals surface area contributed by atoms with Crippen molar-refractivity contribution in [3.8, 4) is 0 Å². The minimum absolute atomic E-state index is 0.182. The third-order valence-electron chi connectivity index (χ3n) is 4.91. The van der Waals surface area contributed by atoms with Crippen LogP contribution in [0.15, 0.2) is 0 Å². The summed E-state index contributed by atoms with van der Waals surface area (Å²) in [6.07, 6.45) is 7.17. The molecule has 0 aromatic heterocycles. The minimum Gasteiger partial charge on any atom is -0.334 e. The summed E-state index contributed by atoms with van der Waals surface area (Å²) < 4.78 is 0. The number of likely N-dealkylation sites (N-methyl/N-ethyl adjacent to an activating group) is 1. The zero-order valence-corrected chi connectivity index (χ0v) is 13.5. The van der Waals surface area contributed by atoms with Gasteiger partial charge in [0.15, 0.2) is 0 Å². The van der Waals surface area contributed by atoms with E-state index in [9.17, 15) is 4.79 Å². The smallest absolute Gasteiger partial charge is 0.240 e. The molecule has 4 nitrogen and oxygen atoms in total. The fraction of sp³-hybridized carbons (Fsp3) is 0.938. The molecule has 20 heavy (non-hydrogen) atoms. The molecule has 0 unspecified atom stereocenters. The summed E-state index contributed by atoms with van der Waals surface area (Å²) in [5.41, 5.74) is 6.15. The maximum absolute atomic E-state index is 12.8. The van der Waals surface area contributed by atoms with Crippen LogP contribution in [0.25, 0.3) is 0 Å². The average Bonchev–Trinajstić information content (AvgIpc) is 3.22. The number of nitrogens with zero attached hydrogens (tertiary/aromatic N) is 2. The first kappa shape index (κ1) is 15.8. The van der Waals surface area contributed by atoms with Crippen LogP contribution >= 0.6 is 0 Å². The van der Waals surface area contributed by atoms with Crippen LogP contribution in [-0.4, -0.2) is 54.0 Å². The third kappa shape index (κ3) is 3.34. The van der Waals surface area contributed by atoms with E-state index in [1.54, 1.807) is 0 Å². The minimum atomic E-state index is -0.347. The van der Waals surface area contributed by atoms with E-state index in [2.05, 4.69) is 23.9 Å². The van der Waals surface area contributed by atoms with Crippen LogP contribution in [0.4, 0.5) is 0 Å². The Morgan fingerprint density at radius 1 is 1.05 bits per heavy atom. The molecule has 2 saturated carbocycles. The lowest BCUT2D eigenvalue weighted by Crippen LogP contribution is -2.58. The number of carbonyl (C=O) groups is 1. The van der Waals surface area contributed by atoms with Gasteiger partial charge in [0.2, 0.25) is 5.91 Å². The van der Waals surface area contributed by atoms with Gasteiger partial charge in [0.1, 0.15) is 0 Å². The monoisotopic (exact) mass is 281 g/mol. The molecule has 0 aliphatic heterocycles. The first-order valence-electron chi connectivity index (χ1n) is 8.17. The predicted molar refractivity (Wildman–Crippen MR) is 82.4 cm³/mol. The van der Waals surface area contributed by atoms with Crippen molar-refractivity contribution >= 4 is 5.91 Å². The van der Waals surface area contributed by atoms with Crippen molar-refractivity contribution in [2.75, 3.05) is 14.1 Å². The highest BCUT2D eigenvalue weighted by molar-refractivity contribution is 5.83. The Hall–Kier alpha value is -0.610. The zero-order chi connectivity index (χ0) is 14.9. The molecule has 0 bridgehead atoms. The molecule has 2 rings (SSSR count). The molecular weight excluding hydrogens is 250 g/mol. The molecule has 0 heterocycles. The number of rotatable bonds is 5. The lowest BCUT2D eigenvalue weighted by atomic mass is 9.87. The standard InChI is InChI=1S/C16H31N3O/c1-11(2)15(17)16(20)19(12-9-10-12)14-8-6-5-7-13(14)18(3)4/h11-15H,5-10,17H2,1-4H3/t13-,14+,15+/m1/s1. The van der Waals surface area contributed by atoms with Crippen molar-refractivity contribution in [1.82, 2.24) is 9.80 Å². The van der Waals surface area contributed by atoms with E-state index in [0.29, 0.717) is 18.1 Å². The van der Waals surface area contributed by atoms with Crippen LogP contribution in [-0.2, 0) is 4.79 Å². The van der Waals surface area contributed by atoms with E-state index in [0.717, 1.165) is 19.3 Å². The second-order valence-corrected chi connectivity index (χ2v) is 7.13. The highest BCUT2D eigenvalue weighted by atomic mass is 16.2. The molecule has 0 aromatic rings. The van der Waals surface area contributed by atoms with E-state index >= 15 is 0 Å². The van der Waals surface area contributed by atoms with E-state index in [-0.39, 0.29) is 17.9 Å². The second-order valence-electron chi connectivity index (χ2n) is 7.13. The number of hydrogen-bond donors (Lipinski definition) is 1. The second kappa shape index (κ2) is 6.44. The van der Waals surface area contributed by atoms with Gasteiger partial charge in [-0.1, -0.05) is 26.7 Å². The van der Waals surface area contributed by atoms with Crippen LogP contribution < -0.4 is 5.73 Å². The van der Waals surface area contributed by atoms with Gasteiger partial charge < -0.3 is 15.5 Å². The van der Waals surface area contributed by atoms with Gasteiger partial charge >= 0.3 is 0 Å². The highest BCUT2D eigenvalue weighted by Crippen LogP contribution is 2.35. The summed E-state index contributed by atoms with van der Waals surface area (Å²) in [6, 6.07) is 0.967. The maximum Gasteiger partial charge on any atom is 0.240 e. The molecule has 116 valence electrons. The predicted octanol–water partition coefficient (Wildman–Crippen LogP) is 1.83. The number of amides is 1. The molecule has 0 saturated heterocycles. The summed E-state index contributed by atoms with van der Waals surface area (Å²) in [7, 11) is 4.28. The van der Waals surface area contributed by atoms with Crippen LogP contribution in [0, 0.1) is 5.92 Å². The summed E-state index contributed by atoms with van der Waals surface area (Å²) >= 11 is 0. The van der Waals surface area contributed by atoms with Gasteiger partial charge in [0.05, 0.1) is 6.04 Å². The molecular formula is C16H31N3O. The summed E-state index contributed by atoms with van der Waals surface area (Å²) in [4.78, 5) is 17.3. The highest BCUT2D eigenvalue weighted by Gasteiger charge is 2.43. The van der Waals surface area contributed by atoms with Gasteiger partial charge in [-0.15, -0.1) is 0 Å². The molecule has 0 radical (unpaired) electrons. The Balaban J connectivity index is 2.16. The Bertz CT molecular complexity index is 339. The summed E-state index contributed by atoms with van der Waals surface area (Å²) in [5.74, 6) is 0.395. The van der Waals surface area contributed by atoms with Crippen LogP contribution in [0.2, 0.25) is 0 Å². The SMILES string of the molecule is CC(C)[C@H](N)C(=O)N(C1CC1)[C@H]1CCCC[C@H]1N(C)C. The van der Waals surface area contributed by atoms with E-state index in [1.807, 2.05) is 13.8 Å². The molecule has 1 amide bonds. The van der Waals surface area contributed by atoms with Crippen LogP contribution in [0.1, 0.15) is 52.4 Å². The van der Waals surface area contributed by atoms with Gasteiger partial charge in [-0.25, -0.2) is 0 Å². The molecule has 2 fully saturated rings. The van der Waals surface area contributed by atoms with Crippen molar-refractivity contribution in [2.45, 2.75) is 76.5 Å². The molecule has 0 spiro atoms. The molecule has 3 atom stereocenters. The fourth-order valence-electron chi connectivity index (χ4n) is 3.44. The zero-order valence-electron chi connectivity index (χ0n) is 13.5. The first-order chi connectivity index (χ1) is 9.43. The van der Waals surface area contributed by atoms with Crippen LogP contribution in [0.5, 0.6) is 0 Å². The Morgan fingerprint density at radius 2 is 1.60 bits per heavy atom. The largest absolute Gasteiger partial charge is 0.334 e. The van der Waals surface area contributed by atoms with Gasteiger partial charge in [-0.05, 0) is 45.7 Å². The third-order valence-corrected chi connectivity index (χ3v) is 4.91. The number of hydrogen-bond acceptors (Lipinski definition) is 3. The molecule has 4 heteroatoms.